The van der Waals surface area contributed by atoms with Crippen molar-refractivity contribution in [3.05, 3.63) is 71.8 Å². The number of aliphatic hydroxyl groups excluding tert-OH is 1. The molecule has 2 aromatic rings. The molecule has 0 heterocycles. The number of alkyl carbamates (subject to hydrolysis) is 1. The van der Waals surface area contributed by atoms with Gasteiger partial charge in [0, 0.05) is 0 Å². The summed E-state index contributed by atoms with van der Waals surface area (Å²) >= 11 is 0. The molecule has 2 N–H and O–H groups in total. The third kappa shape index (κ3) is 5.97. The number of hydrogen-bond donors (Lipinski definition) is 2. The zero-order chi connectivity index (χ0) is 15.6. The van der Waals surface area contributed by atoms with Gasteiger partial charge in [0.25, 0.3) is 0 Å². The first-order valence-electron chi connectivity index (χ1n) is 7.43. The molecule has 22 heavy (non-hydrogen) atoms. The lowest BCUT2D eigenvalue weighted by atomic mass is 10.1. The van der Waals surface area contributed by atoms with E-state index < -0.39 is 12.3 Å². The molecule has 4 heteroatoms. The highest BCUT2D eigenvalue weighted by Crippen LogP contribution is 2.06. The quantitative estimate of drug-likeness (QED) is 0.772. The molecule has 1 amide bonds. The minimum Gasteiger partial charge on any atom is -0.445 e. The lowest BCUT2D eigenvalue weighted by Crippen LogP contribution is -2.35. The molecule has 0 aliphatic heterocycles. The molecule has 116 valence electrons. The summed E-state index contributed by atoms with van der Waals surface area (Å²) in [6.07, 6.45) is 0.682. The molecular formula is C18H21NO3. The number of nitrogens with one attached hydrogen (secondary N) is 1. The Morgan fingerprint density at radius 3 is 2.23 bits per heavy atom. The zero-order valence-corrected chi connectivity index (χ0v) is 12.4. The molecule has 0 aromatic heterocycles. The number of carbonyl (C=O) groups excluding carboxylic acids is 1. The summed E-state index contributed by atoms with van der Waals surface area (Å²) < 4.78 is 5.05. The Morgan fingerprint density at radius 1 is 1.00 bits per heavy atom. The molecule has 1 atom stereocenters. The van der Waals surface area contributed by atoms with Crippen molar-refractivity contribution in [3.8, 4) is 0 Å². The Balaban J connectivity index is 1.62. The van der Waals surface area contributed by atoms with E-state index in [1.54, 1.807) is 0 Å². The zero-order valence-electron chi connectivity index (χ0n) is 12.4. The average molecular weight is 299 g/mol. The maximum Gasteiger partial charge on any atom is 0.409 e. The van der Waals surface area contributed by atoms with Crippen LogP contribution >= 0.6 is 0 Å². The van der Waals surface area contributed by atoms with Crippen LogP contribution in [0.3, 0.4) is 0 Å². The van der Waals surface area contributed by atoms with Crippen molar-refractivity contribution in [1.29, 1.82) is 0 Å². The largest absolute Gasteiger partial charge is 0.445 e. The van der Waals surface area contributed by atoms with Gasteiger partial charge in [0.15, 0.2) is 0 Å². The van der Waals surface area contributed by atoms with Gasteiger partial charge >= 0.3 is 6.09 Å². The van der Waals surface area contributed by atoms with Crippen LogP contribution in [0.4, 0.5) is 4.79 Å². The van der Waals surface area contributed by atoms with Crippen LogP contribution in [0.1, 0.15) is 24.0 Å². The van der Waals surface area contributed by atoms with Crippen LogP contribution in [0, 0.1) is 0 Å². The lowest BCUT2D eigenvalue weighted by Gasteiger charge is -2.13. The molecule has 0 radical (unpaired) electrons. The summed E-state index contributed by atoms with van der Waals surface area (Å²) in [4.78, 5) is 11.6. The molecule has 0 bridgehead atoms. The Labute approximate surface area is 130 Å². The van der Waals surface area contributed by atoms with Crippen molar-refractivity contribution < 1.29 is 14.6 Å². The van der Waals surface area contributed by atoms with Gasteiger partial charge in [0.1, 0.15) is 12.8 Å². The number of aliphatic hydroxyl groups is 1. The average Bonchev–Trinajstić information content (AvgIpc) is 2.55. The second kappa shape index (κ2) is 8.85. The van der Waals surface area contributed by atoms with Crippen molar-refractivity contribution in [1.82, 2.24) is 5.32 Å². The van der Waals surface area contributed by atoms with Gasteiger partial charge < -0.3 is 9.84 Å². The van der Waals surface area contributed by atoms with Gasteiger partial charge in [-0.1, -0.05) is 60.7 Å². The molecule has 2 aromatic carbocycles. The van der Waals surface area contributed by atoms with Crippen LogP contribution in [0.15, 0.2) is 60.7 Å². The molecule has 0 saturated heterocycles. The number of ether oxygens (including phenoxy) is 1. The van der Waals surface area contributed by atoms with E-state index in [0.29, 0.717) is 6.42 Å². The summed E-state index contributed by atoms with van der Waals surface area (Å²) in [6.45, 7) is 0.198. The van der Waals surface area contributed by atoms with Crippen molar-refractivity contribution in [2.75, 3.05) is 0 Å². The number of benzene rings is 2. The number of aryl methyl sites for hydroxylation is 1. The maximum atomic E-state index is 11.6. The molecule has 0 saturated carbocycles. The number of rotatable bonds is 7. The van der Waals surface area contributed by atoms with E-state index in [1.165, 1.54) is 5.56 Å². The fraction of sp³-hybridized carbons (Fsp3) is 0.278. The lowest BCUT2D eigenvalue weighted by molar-refractivity contribution is 0.0895. The van der Waals surface area contributed by atoms with Crippen molar-refractivity contribution in [2.24, 2.45) is 0 Å². The number of hydrogen-bond acceptors (Lipinski definition) is 3. The van der Waals surface area contributed by atoms with Crippen molar-refractivity contribution in [3.63, 3.8) is 0 Å². The minimum absolute atomic E-state index is 0.198. The van der Waals surface area contributed by atoms with Crippen LogP contribution in [0.25, 0.3) is 0 Å². The Bertz CT molecular complexity index is 557. The Kier molecular flexibility index (Phi) is 6.45. The second-order valence-corrected chi connectivity index (χ2v) is 5.10. The Morgan fingerprint density at radius 2 is 1.59 bits per heavy atom. The van der Waals surface area contributed by atoms with Gasteiger partial charge in [-0.05, 0) is 30.4 Å². The SMILES string of the molecule is O=C(NC(O)CCCc1ccccc1)OCc1ccccc1. The highest BCUT2D eigenvalue weighted by Gasteiger charge is 2.09. The number of amides is 1. The van der Waals surface area contributed by atoms with Crippen LogP contribution in [0.2, 0.25) is 0 Å². The highest BCUT2D eigenvalue weighted by atomic mass is 16.6. The molecule has 4 nitrogen and oxygen atoms in total. The van der Waals surface area contributed by atoms with Crippen LogP contribution in [-0.4, -0.2) is 17.4 Å². The van der Waals surface area contributed by atoms with Crippen LogP contribution < -0.4 is 5.32 Å². The standard InChI is InChI=1S/C18H21NO3/c20-17(13-7-12-15-8-3-1-4-9-15)19-18(21)22-14-16-10-5-2-6-11-16/h1-6,8-11,17,20H,7,12-14H2,(H,19,21). The monoisotopic (exact) mass is 299 g/mol. The van der Waals surface area contributed by atoms with Gasteiger partial charge in [-0.25, -0.2) is 4.79 Å². The predicted molar refractivity (Wildman–Crippen MR) is 85.1 cm³/mol. The third-order valence-corrected chi connectivity index (χ3v) is 3.28. The molecule has 0 aliphatic carbocycles. The molecule has 1 unspecified atom stereocenters. The fourth-order valence-electron chi connectivity index (χ4n) is 2.12. The van der Waals surface area contributed by atoms with Gasteiger partial charge in [0.2, 0.25) is 0 Å². The van der Waals surface area contributed by atoms with E-state index in [1.807, 2.05) is 60.7 Å². The summed E-state index contributed by atoms with van der Waals surface area (Å²) in [7, 11) is 0. The van der Waals surface area contributed by atoms with E-state index in [4.69, 9.17) is 4.74 Å². The number of carbonyl (C=O) groups is 1. The molecule has 0 fully saturated rings. The highest BCUT2D eigenvalue weighted by molar-refractivity contribution is 5.67. The summed E-state index contributed by atoms with van der Waals surface area (Å²) in [5.74, 6) is 0. The summed E-state index contributed by atoms with van der Waals surface area (Å²) in [6, 6.07) is 19.5. The molecule has 0 aliphatic rings. The van der Waals surface area contributed by atoms with Crippen molar-refractivity contribution in [2.45, 2.75) is 32.1 Å². The molecular weight excluding hydrogens is 278 g/mol. The predicted octanol–water partition coefficient (Wildman–Crippen LogP) is 3.25. The Hall–Kier alpha value is -2.33. The first-order chi connectivity index (χ1) is 10.7. The normalized spacial score (nSPS) is 11.7. The topological polar surface area (TPSA) is 58.6 Å². The van der Waals surface area contributed by atoms with Gasteiger partial charge in [0.05, 0.1) is 0 Å². The summed E-state index contributed by atoms with van der Waals surface area (Å²) in [5, 5.41) is 12.2. The second-order valence-electron chi connectivity index (χ2n) is 5.10. The van der Waals surface area contributed by atoms with Crippen LogP contribution in [-0.2, 0) is 17.8 Å². The molecule has 0 spiro atoms. The van der Waals surface area contributed by atoms with E-state index in [-0.39, 0.29) is 6.61 Å². The van der Waals surface area contributed by atoms with E-state index >= 15 is 0 Å². The van der Waals surface area contributed by atoms with Gasteiger partial charge in [-0.15, -0.1) is 0 Å². The first kappa shape index (κ1) is 16.0. The first-order valence-corrected chi connectivity index (χ1v) is 7.43. The smallest absolute Gasteiger partial charge is 0.409 e. The van der Waals surface area contributed by atoms with Crippen molar-refractivity contribution >= 4 is 6.09 Å². The van der Waals surface area contributed by atoms with E-state index in [9.17, 15) is 9.90 Å². The van der Waals surface area contributed by atoms with Crippen LogP contribution in [0.5, 0.6) is 0 Å². The van der Waals surface area contributed by atoms with Gasteiger partial charge in [-0.3, -0.25) is 5.32 Å². The third-order valence-electron chi connectivity index (χ3n) is 3.28. The minimum atomic E-state index is -0.882. The maximum absolute atomic E-state index is 11.6. The van der Waals surface area contributed by atoms with E-state index in [0.717, 1.165) is 18.4 Å². The summed E-state index contributed by atoms with van der Waals surface area (Å²) in [5.41, 5.74) is 2.14. The fourth-order valence-corrected chi connectivity index (χ4v) is 2.12. The molecule has 2 rings (SSSR count). The van der Waals surface area contributed by atoms with Gasteiger partial charge in [-0.2, -0.15) is 0 Å². The van der Waals surface area contributed by atoms with E-state index in [2.05, 4.69) is 5.32 Å².